The third-order valence-electron chi connectivity index (χ3n) is 4.36. The maximum atomic E-state index is 12.8. The molecule has 1 aliphatic heterocycles. The number of nitrogens with zero attached hydrogens (tertiary/aromatic N) is 3. The maximum Gasteiger partial charge on any atom is 0.279 e. The number of benzene rings is 1. The van der Waals surface area contributed by atoms with E-state index >= 15 is 0 Å². The standard InChI is InChI=1S/C16H14N4O/c17-9-10-4-5-11-6-7-20(14(11)8-10)16(21)15-12-2-1-3-13(12)18-19-15/h4-5,8H,1-3,6-7H2,(H,18,19). The van der Waals surface area contributed by atoms with Gasteiger partial charge < -0.3 is 4.90 Å². The highest BCUT2D eigenvalue weighted by Gasteiger charge is 2.31. The summed E-state index contributed by atoms with van der Waals surface area (Å²) in [6, 6.07) is 7.68. The minimum atomic E-state index is -0.0526. The Kier molecular flexibility index (Phi) is 2.58. The topological polar surface area (TPSA) is 72.8 Å². The summed E-state index contributed by atoms with van der Waals surface area (Å²) < 4.78 is 0. The Morgan fingerprint density at radius 2 is 2.24 bits per heavy atom. The molecule has 1 N–H and O–H groups in total. The van der Waals surface area contributed by atoms with Crippen LogP contribution < -0.4 is 4.90 Å². The smallest absolute Gasteiger partial charge is 0.279 e. The molecule has 2 heterocycles. The number of aryl methyl sites for hydroxylation is 1. The zero-order valence-corrected chi connectivity index (χ0v) is 11.5. The Bertz CT molecular complexity index is 784. The van der Waals surface area contributed by atoms with Crippen molar-refractivity contribution in [3.05, 3.63) is 46.3 Å². The summed E-state index contributed by atoms with van der Waals surface area (Å²) in [6.07, 6.45) is 3.81. The van der Waals surface area contributed by atoms with Crippen LogP contribution in [-0.4, -0.2) is 22.6 Å². The van der Waals surface area contributed by atoms with E-state index in [0.717, 1.165) is 48.2 Å². The van der Waals surface area contributed by atoms with Crippen molar-refractivity contribution < 1.29 is 4.79 Å². The number of carbonyl (C=O) groups excluding carboxylic acids is 1. The number of amides is 1. The van der Waals surface area contributed by atoms with Gasteiger partial charge in [0.05, 0.1) is 11.6 Å². The number of nitriles is 1. The Morgan fingerprint density at radius 3 is 3.10 bits per heavy atom. The van der Waals surface area contributed by atoms with Gasteiger partial charge in [-0.25, -0.2) is 0 Å². The number of carbonyl (C=O) groups is 1. The van der Waals surface area contributed by atoms with Gasteiger partial charge in [0, 0.05) is 23.5 Å². The van der Waals surface area contributed by atoms with E-state index in [1.807, 2.05) is 6.07 Å². The predicted octanol–water partition coefficient (Wildman–Crippen LogP) is 1.97. The van der Waals surface area contributed by atoms with Crippen LogP contribution in [-0.2, 0) is 19.3 Å². The van der Waals surface area contributed by atoms with E-state index in [1.54, 1.807) is 17.0 Å². The monoisotopic (exact) mass is 278 g/mol. The van der Waals surface area contributed by atoms with Gasteiger partial charge in [-0.3, -0.25) is 9.89 Å². The highest BCUT2D eigenvalue weighted by Crippen LogP contribution is 2.32. The lowest BCUT2D eigenvalue weighted by molar-refractivity contribution is 0.0983. The minimum absolute atomic E-state index is 0.0526. The molecule has 1 aromatic carbocycles. The molecule has 5 heteroatoms. The summed E-state index contributed by atoms with van der Waals surface area (Å²) in [7, 11) is 0. The van der Waals surface area contributed by atoms with Gasteiger partial charge in [0.1, 0.15) is 0 Å². The molecule has 2 aliphatic rings. The van der Waals surface area contributed by atoms with Crippen molar-refractivity contribution in [2.45, 2.75) is 25.7 Å². The molecule has 0 bridgehead atoms. The van der Waals surface area contributed by atoms with E-state index in [2.05, 4.69) is 16.3 Å². The summed E-state index contributed by atoms with van der Waals surface area (Å²) in [5.74, 6) is -0.0526. The lowest BCUT2D eigenvalue weighted by Gasteiger charge is -2.16. The number of hydrogen-bond acceptors (Lipinski definition) is 3. The van der Waals surface area contributed by atoms with Gasteiger partial charge in [-0.15, -0.1) is 0 Å². The van der Waals surface area contributed by atoms with Gasteiger partial charge in [-0.05, 0) is 43.4 Å². The molecule has 4 rings (SSSR count). The quantitative estimate of drug-likeness (QED) is 0.866. The van der Waals surface area contributed by atoms with Gasteiger partial charge in [0.2, 0.25) is 0 Å². The molecule has 1 aromatic heterocycles. The molecule has 0 spiro atoms. The van der Waals surface area contributed by atoms with Gasteiger partial charge >= 0.3 is 0 Å². The molecule has 104 valence electrons. The number of hydrogen-bond donors (Lipinski definition) is 1. The van der Waals surface area contributed by atoms with Crippen molar-refractivity contribution in [2.24, 2.45) is 0 Å². The molecule has 0 saturated heterocycles. The van der Waals surface area contributed by atoms with Gasteiger partial charge in [-0.2, -0.15) is 10.4 Å². The zero-order chi connectivity index (χ0) is 14.4. The number of aromatic nitrogens is 2. The predicted molar refractivity (Wildman–Crippen MR) is 77.2 cm³/mol. The van der Waals surface area contributed by atoms with E-state index in [0.29, 0.717) is 17.8 Å². The maximum absolute atomic E-state index is 12.8. The fraction of sp³-hybridized carbons (Fsp3) is 0.312. The molecule has 1 amide bonds. The second kappa shape index (κ2) is 4.45. The normalized spacial score (nSPS) is 15.7. The van der Waals surface area contributed by atoms with Crippen LogP contribution in [0, 0.1) is 11.3 Å². The second-order valence-electron chi connectivity index (χ2n) is 5.54. The zero-order valence-electron chi connectivity index (χ0n) is 11.5. The SMILES string of the molecule is N#Cc1ccc2c(c1)N(C(=O)c1n[nH]c3c1CCC3)CC2. The van der Waals surface area contributed by atoms with Crippen molar-refractivity contribution in [1.82, 2.24) is 10.2 Å². The number of fused-ring (bicyclic) bond motifs is 2. The second-order valence-corrected chi connectivity index (χ2v) is 5.54. The molecule has 0 saturated carbocycles. The molecule has 5 nitrogen and oxygen atoms in total. The molecule has 0 radical (unpaired) electrons. The average Bonchev–Trinajstić information content (AvgIpc) is 3.20. The molecule has 0 atom stereocenters. The van der Waals surface area contributed by atoms with Crippen molar-refractivity contribution in [2.75, 3.05) is 11.4 Å². The van der Waals surface area contributed by atoms with Crippen LogP contribution in [0.1, 0.15) is 39.3 Å². The molecule has 1 aliphatic carbocycles. The van der Waals surface area contributed by atoms with Crippen LogP contribution in [0.25, 0.3) is 0 Å². The molecule has 21 heavy (non-hydrogen) atoms. The first-order valence-electron chi connectivity index (χ1n) is 7.19. The molecular formula is C16H14N4O. The van der Waals surface area contributed by atoms with Gasteiger partial charge in [0.25, 0.3) is 5.91 Å². The van der Waals surface area contributed by atoms with E-state index < -0.39 is 0 Å². The van der Waals surface area contributed by atoms with Crippen molar-refractivity contribution in [1.29, 1.82) is 5.26 Å². The number of H-pyrrole nitrogens is 1. The lowest BCUT2D eigenvalue weighted by Crippen LogP contribution is -2.30. The van der Waals surface area contributed by atoms with Gasteiger partial charge in [-0.1, -0.05) is 6.07 Å². The largest absolute Gasteiger partial charge is 0.306 e. The third kappa shape index (κ3) is 1.76. The van der Waals surface area contributed by atoms with E-state index in [1.165, 1.54) is 0 Å². The Labute approximate surface area is 122 Å². The molecule has 2 aromatic rings. The minimum Gasteiger partial charge on any atom is -0.306 e. The highest BCUT2D eigenvalue weighted by atomic mass is 16.2. The Morgan fingerprint density at radius 1 is 1.33 bits per heavy atom. The van der Waals surface area contributed by atoms with Gasteiger partial charge in [0.15, 0.2) is 5.69 Å². The fourth-order valence-electron chi connectivity index (χ4n) is 3.28. The van der Waals surface area contributed by atoms with Crippen molar-refractivity contribution in [3.63, 3.8) is 0 Å². The average molecular weight is 278 g/mol. The Hall–Kier alpha value is -2.61. The molecule has 0 unspecified atom stereocenters. The van der Waals surface area contributed by atoms with Crippen molar-refractivity contribution >= 4 is 11.6 Å². The van der Waals surface area contributed by atoms with E-state index in [9.17, 15) is 4.79 Å². The van der Waals surface area contributed by atoms with Crippen LogP contribution in [0.15, 0.2) is 18.2 Å². The molecule has 0 fully saturated rings. The first-order valence-corrected chi connectivity index (χ1v) is 7.19. The fourth-order valence-corrected chi connectivity index (χ4v) is 3.28. The van der Waals surface area contributed by atoms with Crippen LogP contribution in [0.2, 0.25) is 0 Å². The van der Waals surface area contributed by atoms with E-state index in [4.69, 9.17) is 5.26 Å². The number of rotatable bonds is 1. The van der Waals surface area contributed by atoms with Crippen LogP contribution >= 0.6 is 0 Å². The highest BCUT2D eigenvalue weighted by molar-refractivity contribution is 6.07. The van der Waals surface area contributed by atoms with Crippen LogP contribution in [0.5, 0.6) is 0 Å². The van der Waals surface area contributed by atoms with E-state index in [-0.39, 0.29) is 5.91 Å². The number of aromatic amines is 1. The third-order valence-corrected chi connectivity index (χ3v) is 4.36. The van der Waals surface area contributed by atoms with Crippen LogP contribution in [0.3, 0.4) is 0 Å². The summed E-state index contributed by atoms with van der Waals surface area (Å²) >= 11 is 0. The summed E-state index contributed by atoms with van der Waals surface area (Å²) in [6.45, 7) is 0.657. The first-order chi connectivity index (χ1) is 10.3. The number of nitrogens with one attached hydrogen (secondary N) is 1. The van der Waals surface area contributed by atoms with Crippen LogP contribution in [0.4, 0.5) is 5.69 Å². The van der Waals surface area contributed by atoms with Crippen molar-refractivity contribution in [3.8, 4) is 6.07 Å². The number of anilines is 1. The lowest BCUT2D eigenvalue weighted by atomic mass is 10.1. The summed E-state index contributed by atoms with van der Waals surface area (Å²) in [5.41, 5.74) is 5.29. The Balaban J connectivity index is 1.73. The first kappa shape index (κ1) is 12.2. The summed E-state index contributed by atoms with van der Waals surface area (Å²) in [5, 5.41) is 16.2. The summed E-state index contributed by atoms with van der Waals surface area (Å²) in [4.78, 5) is 14.5. The molecular weight excluding hydrogens is 264 g/mol.